The van der Waals surface area contributed by atoms with E-state index in [1.54, 1.807) is 0 Å². The monoisotopic (exact) mass is 293 g/mol. The van der Waals surface area contributed by atoms with E-state index in [4.69, 9.17) is 0 Å². The van der Waals surface area contributed by atoms with Gasteiger partial charge in [0, 0.05) is 14.2 Å². The van der Waals surface area contributed by atoms with E-state index in [-0.39, 0.29) is 17.5 Å². The van der Waals surface area contributed by atoms with E-state index in [0.717, 1.165) is 7.11 Å². The van der Waals surface area contributed by atoms with E-state index in [1.165, 1.54) is 25.3 Å². The van der Waals surface area contributed by atoms with Gasteiger partial charge in [-0.2, -0.15) is 0 Å². The average molecular weight is 293 g/mol. The molecule has 1 aromatic rings. The second-order valence-electron chi connectivity index (χ2n) is 3.40. The Hall–Kier alpha value is -0.680. The van der Waals surface area contributed by atoms with Crippen LogP contribution < -0.4 is 0 Å². The van der Waals surface area contributed by atoms with Crippen molar-refractivity contribution >= 4 is 16.1 Å². The fourth-order valence-electron chi connectivity index (χ4n) is 1.21. The molecule has 1 aromatic heterocycles. The summed E-state index contributed by atoms with van der Waals surface area (Å²) < 4.78 is 31.4. The largest absolute Gasteiger partial charge is 0.351 e. The minimum atomic E-state index is -3.75. The normalized spacial score (nSPS) is 18.2. The third-order valence-corrected chi connectivity index (χ3v) is 4.15. The van der Waals surface area contributed by atoms with E-state index >= 15 is 0 Å². The zero-order chi connectivity index (χ0) is 13.8. The Bertz CT molecular complexity index is 482. The topological polar surface area (TPSA) is 106 Å². The van der Waals surface area contributed by atoms with Crippen LogP contribution in [0.1, 0.15) is 11.4 Å². The number of aromatic nitrogens is 1. The van der Waals surface area contributed by atoms with E-state index in [1.807, 2.05) is 0 Å². The molecular formula is C9H13NO6P2. The fourth-order valence-corrected chi connectivity index (χ4v) is 2.21. The zero-order valence-corrected chi connectivity index (χ0v) is 11.6. The van der Waals surface area contributed by atoms with Crippen molar-refractivity contribution in [2.75, 3.05) is 14.2 Å². The van der Waals surface area contributed by atoms with Crippen LogP contribution >= 0.6 is 16.1 Å². The molecule has 0 amide bonds. The first-order valence-electron chi connectivity index (χ1n) is 4.83. The van der Waals surface area contributed by atoms with Gasteiger partial charge in [0.05, 0.1) is 11.9 Å². The molecule has 2 N–H and O–H groups in total. The van der Waals surface area contributed by atoms with Gasteiger partial charge in [0.15, 0.2) is 0 Å². The van der Waals surface area contributed by atoms with Gasteiger partial charge in [0.25, 0.3) is 5.53 Å². The average Bonchev–Trinajstić information content (AvgIpc) is 2.37. The van der Waals surface area contributed by atoms with Crippen molar-refractivity contribution in [2.24, 2.45) is 0 Å². The maximum absolute atomic E-state index is 11.4. The highest BCUT2D eigenvalue weighted by Gasteiger charge is 2.32. The quantitative estimate of drug-likeness (QED) is 0.604. The molecule has 0 aliphatic carbocycles. The predicted molar refractivity (Wildman–Crippen MR) is 63.3 cm³/mol. The first-order chi connectivity index (χ1) is 8.37. The highest BCUT2D eigenvalue weighted by Crippen LogP contribution is 2.44. The Kier molecular flexibility index (Phi) is 5.10. The molecule has 0 saturated heterocycles. The van der Waals surface area contributed by atoms with E-state index in [9.17, 15) is 19.1 Å². The third kappa shape index (κ3) is 3.65. The smallest absolute Gasteiger partial charge is 0.333 e. The predicted octanol–water partition coefficient (Wildman–Crippen LogP) is 1.45. The van der Waals surface area contributed by atoms with Crippen molar-refractivity contribution in [3.8, 4) is 0 Å². The zero-order valence-electron chi connectivity index (χ0n) is 9.81. The summed E-state index contributed by atoms with van der Waals surface area (Å²) >= 11 is 0. The van der Waals surface area contributed by atoms with Gasteiger partial charge < -0.3 is 19.3 Å². The highest BCUT2D eigenvalue weighted by atomic mass is 31.2. The summed E-state index contributed by atoms with van der Waals surface area (Å²) in [5.74, 6) is 0. The van der Waals surface area contributed by atoms with Gasteiger partial charge in [-0.3, -0.25) is 14.1 Å². The Morgan fingerprint density at radius 3 is 2.67 bits per heavy atom. The van der Waals surface area contributed by atoms with Crippen LogP contribution in [0.25, 0.3) is 0 Å². The molecule has 100 valence electrons. The summed E-state index contributed by atoms with van der Waals surface area (Å²) in [5.41, 5.74) is -1.86. The van der Waals surface area contributed by atoms with Gasteiger partial charge in [-0.25, -0.2) is 0 Å². The third-order valence-electron chi connectivity index (χ3n) is 2.20. The minimum Gasteiger partial charge on any atom is -0.351 e. The van der Waals surface area contributed by atoms with Gasteiger partial charge in [-0.15, -0.1) is 0 Å². The summed E-state index contributed by atoms with van der Waals surface area (Å²) in [6.45, 7) is 0. The van der Waals surface area contributed by atoms with Gasteiger partial charge in [-0.05, 0) is 12.1 Å². The number of ether oxygens (including phenoxy) is 1. The molecule has 0 aliphatic heterocycles. The number of pyridine rings is 1. The van der Waals surface area contributed by atoms with Crippen molar-refractivity contribution in [3.05, 3.63) is 29.6 Å². The molecule has 0 saturated carbocycles. The lowest BCUT2D eigenvalue weighted by atomic mass is 10.3. The van der Waals surface area contributed by atoms with E-state index in [2.05, 4.69) is 14.2 Å². The molecule has 0 radical (unpaired) electrons. The van der Waals surface area contributed by atoms with Crippen molar-refractivity contribution in [1.82, 2.24) is 4.98 Å². The Balaban J connectivity index is 3.07. The molecule has 1 heterocycles. The van der Waals surface area contributed by atoms with Crippen molar-refractivity contribution in [1.29, 1.82) is 0 Å². The summed E-state index contributed by atoms with van der Waals surface area (Å²) in [5, 5.41) is 9.81. The summed E-state index contributed by atoms with van der Waals surface area (Å²) in [6, 6.07) is 4.39. The van der Waals surface area contributed by atoms with Crippen LogP contribution in [-0.2, 0) is 30.1 Å². The number of hydrogen-bond acceptors (Lipinski definition) is 6. The summed E-state index contributed by atoms with van der Waals surface area (Å²) in [7, 11) is -2.14. The molecule has 0 bridgehead atoms. The number of hydrogen-bond donors (Lipinski definition) is 2. The molecule has 0 aliphatic rings. The second kappa shape index (κ2) is 5.97. The Morgan fingerprint density at radius 2 is 2.17 bits per heavy atom. The maximum atomic E-state index is 11.4. The van der Waals surface area contributed by atoms with Gasteiger partial charge in [0.1, 0.15) is 5.69 Å². The lowest BCUT2D eigenvalue weighted by molar-refractivity contribution is -0.121. The summed E-state index contributed by atoms with van der Waals surface area (Å²) in [6.07, 6.45) is -0.313. The minimum absolute atomic E-state index is 0.0183. The Labute approximate surface area is 106 Å². The molecule has 0 spiro atoms. The van der Waals surface area contributed by atoms with Crippen LogP contribution in [0, 0.1) is 0 Å². The van der Waals surface area contributed by atoms with Crippen LogP contribution in [0.3, 0.4) is 0 Å². The molecule has 0 aromatic carbocycles. The molecule has 0 fully saturated rings. The van der Waals surface area contributed by atoms with Gasteiger partial charge in [-0.1, -0.05) is 6.07 Å². The second-order valence-corrected chi connectivity index (χ2v) is 6.14. The van der Waals surface area contributed by atoms with Crippen LogP contribution in [0.2, 0.25) is 0 Å². The maximum Gasteiger partial charge on any atom is 0.333 e. The SMILES string of the molecule is COC(O)(P=O)c1cccc(CP(=O)(O)OC)n1. The number of rotatable bonds is 6. The lowest BCUT2D eigenvalue weighted by Crippen LogP contribution is -2.22. The van der Waals surface area contributed by atoms with E-state index in [0.29, 0.717) is 0 Å². The number of aliphatic hydroxyl groups is 1. The number of nitrogens with zero attached hydrogens (tertiary/aromatic N) is 1. The molecule has 2 atom stereocenters. The first kappa shape index (κ1) is 15.4. The standard InChI is InChI=1S/C9H13NO6P2/c1-15-9(11,17-12)8-5-3-4-7(10-8)6-18(13,14)16-2/h3-5,11H,6H2,1-2H3,(H,13,14). The van der Waals surface area contributed by atoms with Crippen LogP contribution in [-0.4, -0.2) is 29.2 Å². The molecule has 7 nitrogen and oxygen atoms in total. The van der Waals surface area contributed by atoms with Crippen LogP contribution in [0.5, 0.6) is 0 Å². The van der Waals surface area contributed by atoms with Gasteiger partial charge in [0.2, 0.25) is 8.46 Å². The van der Waals surface area contributed by atoms with Crippen LogP contribution in [0.15, 0.2) is 18.2 Å². The fraction of sp³-hybridized carbons (Fsp3) is 0.444. The van der Waals surface area contributed by atoms with Crippen molar-refractivity contribution in [2.45, 2.75) is 11.7 Å². The van der Waals surface area contributed by atoms with Gasteiger partial charge >= 0.3 is 7.60 Å². The van der Waals surface area contributed by atoms with Crippen molar-refractivity contribution in [3.63, 3.8) is 0 Å². The number of methoxy groups -OCH3 is 1. The van der Waals surface area contributed by atoms with Crippen molar-refractivity contribution < 1.29 is 28.4 Å². The molecule has 9 heteroatoms. The molecular weight excluding hydrogens is 280 g/mol. The Morgan fingerprint density at radius 1 is 1.50 bits per heavy atom. The molecule has 1 rings (SSSR count). The van der Waals surface area contributed by atoms with E-state index < -0.39 is 21.6 Å². The molecule has 18 heavy (non-hydrogen) atoms. The summed E-state index contributed by atoms with van der Waals surface area (Å²) in [4.78, 5) is 13.2. The van der Waals surface area contributed by atoms with Crippen LogP contribution in [0.4, 0.5) is 0 Å². The lowest BCUT2D eigenvalue weighted by Gasteiger charge is -2.18. The molecule has 2 unspecified atom stereocenters. The highest BCUT2D eigenvalue weighted by molar-refractivity contribution is 7.51. The first-order valence-corrected chi connectivity index (χ1v) is 7.40.